The van der Waals surface area contributed by atoms with E-state index in [2.05, 4.69) is 25.7 Å². The molecule has 0 spiro atoms. The number of rotatable bonds is 6. The van der Waals surface area contributed by atoms with E-state index in [0.29, 0.717) is 12.1 Å². The van der Waals surface area contributed by atoms with Crippen LogP contribution in [0, 0.1) is 5.92 Å². The van der Waals surface area contributed by atoms with Gasteiger partial charge < -0.3 is 5.32 Å². The first-order valence-electron chi connectivity index (χ1n) is 6.61. The first-order valence-corrected chi connectivity index (χ1v) is 6.61. The summed E-state index contributed by atoms with van der Waals surface area (Å²) in [5, 5.41) is 3.74. The van der Waals surface area contributed by atoms with Crippen LogP contribution in [-0.4, -0.2) is 12.1 Å². The van der Waals surface area contributed by atoms with E-state index in [9.17, 15) is 0 Å². The summed E-state index contributed by atoms with van der Waals surface area (Å²) in [5.41, 5.74) is 0. The lowest BCUT2D eigenvalue weighted by molar-refractivity contribution is 0.264. The first-order chi connectivity index (χ1) is 7.24. The Labute approximate surface area is 95.3 Å². The lowest BCUT2D eigenvalue weighted by Crippen LogP contribution is -2.40. The van der Waals surface area contributed by atoms with Crippen LogP contribution in [-0.2, 0) is 0 Å². The topological polar surface area (TPSA) is 12.0 Å². The molecule has 1 aliphatic rings. The number of hydrogen-bond acceptors (Lipinski definition) is 1. The minimum atomic E-state index is 0.639. The van der Waals surface area contributed by atoms with Crippen LogP contribution in [0.3, 0.4) is 0 Å². The highest BCUT2D eigenvalue weighted by Crippen LogP contribution is 2.26. The highest BCUT2D eigenvalue weighted by atomic mass is 14.9. The summed E-state index contributed by atoms with van der Waals surface area (Å²) in [7, 11) is 0. The predicted octanol–water partition coefficient (Wildman–Crippen LogP) is 3.90. The summed E-state index contributed by atoms with van der Waals surface area (Å²) in [5.74, 6) is 0.921. The predicted molar refractivity (Wildman–Crippen MR) is 68.1 cm³/mol. The molecule has 1 heteroatoms. The lowest BCUT2D eigenvalue weighted by Gasteiger charge is -2.30. The van der Waals surface area contributed by atoms with E-state index in [1.54, 1.807) is 0 Å². The average Bonchev–Trinajstić information content (AvgIpc) is 2.27. The summed E-state index contributed by atoms with van der Waals surface area (Å²) in [6.45, 7) is 8.43. The van der Waals surface area contributed by atoms with Crippen molar-refractivity contribution >= 4 is 0 Å². The minimum Gasteiger partial charge on any atom is -0.311 e. The van der Waals surface area contributed by atoms with Crippen LogP contribution in [0.25, 0.3) is 0 Å². The molecule has 0 aliphatic heterocycles. The lowest BCUT2D eigenvalue weighted by atomic mass is 9.84. The standard InChI is InChI=1S/C14H27N/c1-4-5-9-12(2)15-13(3)14-10-7-6-8-11-14/h4,12-15H,1,5-11H2,2-3H3/t12?,13-/m1/s1. The normalized spacial score (nSPS) is 22.3. The Kier molecular flexibility index (Phi) is 6.00. The zero-order valence-corrected chi connectivity index (χ0v) is 10.5. The zero-order chi connectivity index (χ0) is 11.1. The molecule has 1 rings (SSSR count). The van der Waals surface area contributed by atoms with Gasteiger partial charge in [-0.05, 0) is 45.4 Å². The summed E-state index contributed by atoms with van der Waals surface area (Å²) in [6, 6.07) is 1.34. The third-order valence-corrected chi connectivity index (χ3v) is 3.71. The second kappa shape index (κ2) is 7.05. The molecular formula is C14H27N. The molecule has 1 aliphatic carbocycles. The van der Waals surface area contributed by atoms with Crippen LogP contribution in [0.15, 0.2) is 12.7 Å². The second-order valence-electron chi connectivity index (χ2n) is 5.12. The van der Waals surface area contributed by atoms with Gasteiger partial charge in [0, 0.05) is 12.1 Å². The van der Waals surface area contributed by atoms with Crippen LogP contribution < -0.4 is 5.32 Å². The Morgan fingerprint density at radius 3 is 2.53 bits per heavy atom. The van der Waals surface area contributed by atoms with Gasteiger partial charge in [-0.2, -0.15) is 0 Å². The van der Waals surface area contributed by atoms with Crippen molar-refractivity contribution in [3.63, 3.8) is 0 Å². The second-order valence-corrected chi connectivity index (χ2v) is 5.12. The highest BCUT2D eigenvalue weighted by molar-refractivity contribution is 4.79. The fourth-order valence-corrected chi connectivity index (χ4v) is 2.67. The van der Waals surface area contributed by atoms with E-state index >= 15 is 0 Å². The van der Waals surface area contributed by atoms with Crippen molar-refractivity contribution in [1.82, 2.24) is 5.32 Å². The third-order valence-electron chi connectivity index (χ3n) is 3.71. The van der Waals surface area contributed by atoms with Gasteiger partial charge in [0.2, 0.25) is 0 Å². The van der Waals surface area contributed by atoms with Crippen molar-refractivity contribution < 1.29 is 0 Å². The molecule has 2 atom stereocenters. The first kappa shape index (κ1) is 12.8. The van der Waals surface area contributed by atoms with Crippen LogP contribution in [0.5, 0.6) is 0 Å². The maximum absolute atomic E-state index is 3.77. The zero-order valence-electron chi connectivity index (χ0n) is 10.5. The van der Waals surface area contributed by atoms with E-state index in [4.69, 9.17) is 0 Å². The number of hydrogen-bond donors (Lipinski definition) is 1. The number of allylic oxidation sites excluding steroid dienone is 1. The fraction of sp³-hybridized carbons (Fsp3) is 0.857. The molecule has 0 amide bonds. The van der Waals surface area contributed by atoms with E-state index in [-0.39, 0.29) is 0 Å². The van der Waals surface area contributed by atoms with Gasteiger partial charge in [0.15, 0.2) is 0 Å². The Morgan fingerprint density at radius 1 is 1.27 bits per heavy atom. The molecule has 1 unspecified atom stereocenters. The molecule has 0 aromatic rings. The van der Waals surface area contributed by atoms with Crippen LogP contribution in [0.2, 0.25) is 0 Å². The molecule has 0 aromatic heterocycles. The summed E-state index contributed by atoms with van der Waals surface area (Å²) in [6.07, 6.45) is 11.6. The summed E-state index contributed by atoms with van der Waals surface area (Å²) < 4.78 is 0. The Balaban J connectivity index is 2.20. The maximum Gasteiger partial charge on any atom is 0.00694 e. The third kappa shape index (κ3) is 4.83. The molecule has 1 fully saturated rings. The van der Waals surface area contributed by atoms with Gasteiger partial charge in [0.1, 0.15) is 0 Å². The molecule has 88 valence electrons. The largest absolute Gasteiger partial charge is 0.311 e. The smallest absolute Gasteiger partial charge is 0.00694 e. The van der Waals surface area contributed by atoms with Gasteiger partial charge in [0.25, 0.3) is 0 Å². The molecule has 0 saturated heterocycles. The molecule has 0 aromatic carbocycles. The molecule has 15 heavy (non-hydrogen) atoms. The minimum absolute atomic E-state index is 0.639. The molecule has 0 heterocycles. The SMILES string of the molecule is C=CCCC(C)N[C@H](C)C1CCCCC1. The molecular weight excluding hydrogens is 182 g/mol. The van der Waals surface area contributed by atoms with Crippen LogP contribution in [0.4, 0.5) is 0 Å². The Morgan fingerprint density at radius 2 is 1.93 bits per heavy atom. The summed E-state index contributed by atoms with van der Waals surface area (Å²) in [4.78, 5) is 0. The van der Waals surface area contributed by atoms with Gasteiger partial charge in [-0.3, -0.25) is 0 Å². The van der Waals surface area contributed by atoms with E-state index in [1.165, 1.54) is 38.5 Å². The van der Waals surface area contributed by atoms with Crippen molar-refractivity contribution in [2.45, 2.75) is 70.9 Å². The van der Waals surface area contributed by atoms with Crippen LogP contribution >= 0.6 is 0 Å². The van der Waals surface area contributed by atoms with Crippen molar-refractivity contribution in [2.24, 2.45) is 5.92 Å². The van der Waals surface area contributed by atoms with Gasteiger partial charge in [0.05, 0.1) is 0 Å². The molecule has 0 radical (unpaired) electrons. The van der Waals surface area contributed by atoms with E-state index in [0.717, 1.165) is 12.3 Å². The Bertz CT molecular complexity index is 170. The van der Waals surface area contributed by atoms with Gasteiger partial charge in [-0.25, -0.2) is 0 Å². The fourth-order valence-electron chi connectivity index (χ4n) is 2.67. The van der Waals surface area contributed by atoms with Crippen molar-refractivity contribution in [3.05, 3.63) is 12.7 Å². The van der Waals surface area contributed by atoms with Crippen molar-refractivity contribution in [3.8, 4) is 0 Å². The molecule has 1 nitrogen and oxygen atoms in total. The van der Waals surface area contributed by atoms with Crippen molar-refractivity contribution in [2.75, 3.05) is 0 Å². The summed E-state index contributed by atoms with van der Waals surface area (Å²) >= 11 is 0. The van der Waals surface area contributed by atoms with E-state index < -0.39 is 0 Å². The molecule has 1 saturated carbocycles. The van der Waals surface area contributed by atoms with Gasteiger partial charge >= 0.3 is 0 Å². The highest BCUT2D eigenvalue weighted by Gasteiger charge is 2.20. The molecule has 0 bridgehead atoms. The quantitative estimate of drug-likeness (QED) is 0.654. The average molecular weight is 209 g/mol. The van der Waals surface area contributed by atoms with E-state index in [1.807, 2.05) is 6.08 Å². The monoisotopic (exact) mass is 209 g/mol. The van der Waals surface area contributed by atoms with Crippen molar-refractivity contribution in [1.29, 1.82) is 0 Å². The maximum atomic E-state index is 3.77. The van der Waals surface area contributed by atoms with Crippen LogP contribution in [0.1, 0.15) is 58.8 Å². The van der Waals surface area contributed by atoms with Gasteiger partial charge in [-0.1, -0.05) is 25.3 Å². The molecule has 1 N–H and O–H groups in total. The Hall–Kier alpha value is -0.300. The van der Waals surface area contributed by atoms with Gasteiger partial charge in [-0.15, -0.1) is 6.58 Å². The number of nitrogens with one attached hydrogen (secondary N) is 1.